The molecule has 1 heterocycles. The molecule has 136 valence electrons. The number of aromatic nitrogens is 2. The SMILES string of the molecule is CCCc1c(NC(=O)OCc2ccccc2)cnn1-c1cccc(C#N)c1. The third kappa shape index (κ3) is 4.53. The summed E-state index contributed by atoms with van der Waals surface area (Å²) in [5.74, 6) is 0. The van der Waals surface area contributed by atoms with Gasteiger partial charge in [-0.3, -0.25) is 5.32 Å². The van der Waals surface area contributed by atoms with Crippen molar-refractivity contribution in [3.05, 3.63) is 77.6 Å². The van der Waals surface area contributed by atoms with Gasteiger partial charge in [0, 0.05) is 0 Å². The lowest BCUT2D eigenvalue weighted by Gasteiger charge is -2.10. The molecule has 0 aliphatic heterocycles. The number of nitriles is 1. The number of nitrogens with zero attached hydrogens (tertiary/aromatic N) is 3. The molecule has 0 aliphatic carbocycles. The molecule has 1 aromatic heterocycles. The normalized spacial score (nSPS) is 10.2. The second-order valence-corrected chi connectivity index (χ2v) is 6.02. The zero-order valence-electron chi connectivity index (χ0n) is 15.1. The molecule has 3 aromatic rings. The van der Waals surface area contributed by atoms with E-state index in [9.17, 15) is 4.79 Å². The summed E-state index contributed by atoms with van der Waals surface area (Å²) in [5, 5.41) is 16.3. The summed E-state index contributed by atoms with van der Waals surface area (Å²) in [6, 6.07) is 18.8. The summed E-state index contributed by atoms with van der Waals surface area (Å²) in [4.78, 5) is 12.2. The third-order valence-electron chi connectivity index (χ3n) is 4.02. The maximum absolute atomic E-state index is 12.2. The van der Waals surface area contributed by atoms with Crippen LogP contribution in [0.2, 0.25) is 0 Å². The second kappa shape index (κ2) is 8.68. The number of benzene rings is 2. The van der Waals surface area contributed by atoms with Crippen LogP contribution in [0.5, 0.6) is 0 Å². The molecule has 27 heavy (non-hydrogen) atoms. The Morgan fingerprint density at radius 3 is 2.78 bits per heavy atom. The highest BCUT2D eigenvalue weighted by atomic mass is 16.5. The zero-order valence-corrected chi connectivity index (χ0v) is 15.1. The van der Waals surface area contributed by atoms with Crippen LogP contribution in [0.3, 0.4) is 0 Å². The summed E-state index contributed by atoms with van der Waals surface area (Å²) in [7, 11) is 0. The third-order valence-corrected chi connectivity index (χ3v) is 4.02. The van der Waals surface area contributed by atoms with E-state index < -0.39 is 6.09 Å². The molecule has 0 unspecified atom stereocenters. The van der Waals surface area contributed by atoms with Gasteiger partial charge in [0.2, 0.25) is 0 Å². The molecule has 0 saturated heterocycles. The first-order valence-electron chi connectivity index (χ1n) is 8.76. The second-order valence-electron chi connectivity index (χ2n) is 6.02. The lowest BCUT2D eigenvalue weighted by molar-refractivity contribution is 0.155. The number of hydrogen-bond acceptors (Lipinski definition) is 4. The van der Waals surface area contributed by atoms with Crippen LogP contribution in [0.25, 0.3) is 5.69 Å². The van der Waals surface area contributed by atoms with Gasteiger partial charge in [0.15, 0.2) is 0 Å². The van der Waals surface area contributed by atoms with E-state index in [1.165, 1.54) is 0 Å². The van der Waals surface area contributed by atoms with Crippen molar-refractivity contribution in [3.8, 4) is 11.8 Å². The molecule has 0 fully saturated rings. The van der Waals surface area contributed by atoms with Crippen LogP contribution in [-0.2, 0) is 17.8 Å². The Morgan fingerprint density at radius 2 is 2.04 bits per heavy atom. The molecular formula is C21H20N4O2. The molecule has 1 amide bonds. The van der Waals surface area contributed by atoms with Crippen LogP contribution in [0.4, 0.5) is 10.5 Å². The minimum atomic E-state index is -0.526. The molecule has 0 bridgehead atoms. The Labute approximate surface area is 158 Å². The molecule has 1 N–H and O–H groups in total. The minimum Gasteiger partial charge on any atom is -0.444 e. The van der Waals surface area contributed by atoms with E-state index in [1.807, 2.05) is 42.5 Å². The fourth-order valence-electron chi connectivity index (χ4n) is 2.75. The number of carbonyl (C=O) groups excluding carboxylic acids is 1. The monoisotopic (exact) mass is 360 g/mol. The zero-order chi connectivity index (χ0) is 19.1. The van der Waals surface area contributed by atoms with Gasteiger partial charge in [-0.1, -0.05) is 49.7 Å². The van der Waals surface area contributed by atoms with Crippen LogP contribution in [0, 0.1) is 11.3 Å². The molecule has 0 spiro atoms. The number of amides is 1. The van der Waals surface area contributed by atoms with Gasteiger partial charge in [0.1, 0.15) is 6.61 Å². The number of rotatable bonds is 6. The summed E-state index contributed by atoms with van der Waals surface area (Å²) < 4.78 is 7.03. The fourth-order valence-corrected chi connectivity index (χ4v) is 2.75. The van der Waals surface area contributed by atoms with E-state index in [2.05, 4.69) is 23.4 Å². The highest BCUT2D eigenvalue weighted by molar-refractivity contribution is 5.85. The Bertz CT molecular complexity index is 958. The quantitative estimate of drug-likeness (QED) is 0.704. The van der Waals surface area contributed by atoms with Crippen molar-refractivity contribution in [2.75, 3.05) is 5.32 Å². The molecule has 6 heteroatoms. The average Bonchev–Trinajstić information content (AvgIpc) is 3.10. The smallest absolute Gasteiger partial charge is 0.412 e. The maximum Gasteiger partial charge on any atom is 0.412 e. The summed E-state index contributed by atoms with van der Waals surface area (Å²) in [5.41, 5.74) is 3.73. The minimum absolute atomic E-state index is 0.203. The van der Waals surface area contributed by atoms with E-state index in [4.69, 9.17) is 10.00 Å². The molecule has 6 nitrogen and oxygen atoms in total. The largest absolute Gasteiger partial charge is 0.444 e. The number of carbonyl (C=O) groups is 1. The van der Waals surface area contributed by atoms with Gasteiger partial charge in [-0.25, -0.2) is 9.48 Å². The fraction of sp³-hybridized carbons (Fsp3) is 0.190. The molecule has 0 atom stereocenters. The van der Waals surface area contributed by atoms with Gasteiger partial charge in [-0.2, -0.15) is 10.4 Å². The van der Waals surface area contributed by atoms with Gasteiger partial charge >= 0.3 is 6.09 Å². The average molecular weight is 360 g/mol. The van der Waals surface area contributed by atoms with E-state index in [-0.39, 0.29) is 6.61 Å². The first kappa shape index (κ1) is 18.2. The number of hydrogen-bond donors (Lipinski definition) is 1. The van der Waals surface area contributed by atoms with Gasteiger partial charge < -0.3 is 4.74 Å². The van der Waals surface area contributed by atoms with Crippen LogP contribution in [-0.4, -0.2) is 15.9 Å². The topological polar surface area (TPSA) is 79.9 Å². The van der Waals surface area contributed by atoms with Crippen molar-refractivity contribution in [2.45, 2.75) is 26.4 Å². The number of nitrogens with one attached hydrogen (secondary N) is 1. The molecule has 0 saturated carbocycles. The van der Waals surface area contributed by atoms with Crippen molar-refractivity contribution in [1.29, 1.82) is 5.26 Å². The first-order chi connectivity index (χ1) is 13.2. The Hall–Kier alpha value is -3.59. The standard InChI is InChI=1S/C21H20N4O2/c1-2-7-20-19(24-21(26)27-15-16-8-4-3-5-9-16)14-23-25(20)18-11-6-10-17(12-18)13-22/h3-6,8-12,14H,2,7,15H2,1H3,(H,24,26). The Kier molecular flexibility index (Phi) is 5.85. The first-order valence-corrected chi connectivity index (χ1v) is 8.76. The van der Waals surface area contributed by atoms with E-state index in [0.717, 1.165) is 29.8 Å². The predicted octanol–water partition coefficient (Wildman–Crippen LogP) is 4.45. The highest BCUT2D eigenvalue weighted by Gasteiger charge is 2.15. The molecular weight excluding hydrogens is 340 g/mol. The van der Waals surface area contributed by atoms with Crippen LogP contribution in [0.1, 0.15) is 30.2 Å². The van der Waals surface area contributed by atoms with Crippen LogP contribution >= 0.6 is 0 Å². The number of anilines is 1. The van der Waals surface area contributed by atoms with Gasteiger partial charge in [-0.05, 0) is 30.2 Å². The van der Waals surface area contributed by atoms with Crippen molar-refractivity contribution in [2.24, 2.45) is 0 Å². The molecule has 0 aliphatic rings. The van der Waals surface area contributed by atoms with Gasteiger partial charge in [-0.15, -0.1) is 0 Å². The molecule has 2 aromatic carbocycles. The van der Waals surface area contributed by atoms with E-state index in [1.54, 1.807) is 23.0 Å². The van der Waals surface area contributed by atoms with Crippen LogP contribution in [0.15, 0.2) is 60.8 Å². The van der Waals surface area contributed by atoms with Gasteiger partial charge in [0.05, 0.1) is 34.9 Å². The predicted molar refractivity (Wildman–Crippen MR) is 103 cm³/mol. The van der Waals surface area contributed by atoms with Crippen LogP contribution < -0.4 is 5.32 Å². The maximum atomic E-state index is 12.2. The highest BCUT2D eigenvalue weighted by Crippen LogP contribution is 2.22. The lowest BCUT2D eigenvalue weighted by atomic mass is 10.2. The Morgan fingerprint density at radius 1 is 1.22 bits per heavy atom. The molecule has 0 radical (unpaired) electrons. The lowest BCUT2D eigenvalue weighted by Crippen LogP contribution is -2.15. The van der Waals surface area contributed by atoms with E-state index in [0.29, 0.717) is 11.3 Å². The molecule has 3 rings (SSSR count). The van der Waals surface area contributed by atoms with Crippen molar-refractivity contribution in [1.82, 2.24) is 9.78 Å². The van der Waals surface area contributed by atoms with E-state index >= 15 is 0 Å². The Balaban J connectivity index is 1.76. The van der Waals surface area contributed by atoms with Crippen molar-refractivity contribution in [3.63, 3.8) is 0 Å². The summed E-state index contributed by atoms with van der Waals surface area (Å²) in [6.45, 7) is 2.26. The summed E-state index contributed by atoms with van der Waals surface area (Å²) in [6.07, 6.45) is 2.69. The van der Waals surface area contributed by atoms with Crippen molar-refractivity contribution < 1.29 is 9.53 Å². The number of ether oxygens (including phenoxy) is 1. The van der Waals surface area contributed by atoms with Gasteiger partial charge in [0.25, 0.3) is 0 Å². The summed E-state index contributed by atoms with van der Waals surface area (Å²) >= 11 is 0. The van der Waals surface area contributed by atoms with Crippen molar-refractivity contribution >= 4 is 11.8 Å².